The smallest absolute Gasteiger partial charge is 0.228 e. The van der Waals surface area contributed by atoms with Gasteiger partial charge in [-0.15, -0.1) is 0 Å². The summed E-state index contributed by atoms with van der Waals surface area (Å²) < 4.78 is 5.26. The Morgan fingerprint density at radius 1 is 1.30 bits per heavy atom. The number of halogens is 2. The number of hydrogen-bond donors (Lipinski definition) is 1. The molecule has 0 bridgehead atoms. The van der Waals surface area contributed by atoms with E-state index in [1.165, 1.54) is 6.20 Å². The summed E-state index contributed by atoms with van der Waals surface area (Å²) in [5.74, 6) is 0.889. The van der Waals surface area contributed by atoms with Gasteiger partial charge in [-0.1, -0.05) is 41.2 Å². The highest BCUT2D eigenvalue weighted by Gasteiger charge is 2.31. The maximum atomic E-state index is 6.30. The normalized spacial score (nSPS) is 17.6. The number of rotatable bonds is 3. The molecule has 3 rings (SSSR count). The average molecular weight is 313 g/mol. The Balaban J connectivity index is 1.83. The fourth-order valence-electron chi connectivity index (χ4n) is 2.56. The molecule has 0 aromatic carbocycles. The summed E-state index contributed by atoms with van der Waals surface area (Å²) in [7, 11) is 0. The van der Waals surface area contributed by atoms with Gasteiger partial charge in [0.2, 0.25) is 11.7 Å². The van der Waals surface area contributed by atoms with E-state index in [9.17, 15) is 0 Å². The molecule has 2 aromatic rings. The van der Waals surface area contributed by atoms with Gasteiger partial charge in [-0.05, 0) is 18.9 Å². The predicted molar refractivity (Wildman–Crippen MR) is 76.6 cm³/mol. The van der Waals surface area contributed by atoms with Gasteiger partial charge < -0.3 is 10.3 Å². The lowest BCUT2D eigenvalue weighted by atomic mass is 9.95. The third kappa shape index (κ3) is 2.80. The lowest BCUT2D eigenvalue weighted by Crippen LogP contribution is -2.38. The summed E-state index contributed by atoms with van der Waals surface area (Å²) in [5.41, 5.74) is 6.54. The van der Waals surface area contributed by atoms with Crippen molar-refractivity contribution >= 4 is 23.2 Å². The third-order valence-electron chi connectivity index (χ3n) is 3.59. The SMILES string of the molecule is NC1(Cc2nc(-c3ncc(Cl)cc3Cl)no2)CCCC1. The second-order valence-corrected chi connectivity index (χ2v) is 6.09. The highest BCUT2D eigenvalue weighted by Crippen LogP contribution is 2.31. The van der Waals surface area contributed by atoms with Crippen molar-refractivity contribution in [3.8, 4) is 11.5 Å². The molecule has 106 valence electrons. The van der Waals surface area contributed by atoms with E-state index in [0.29, 0.717) is 33.9 Å². The van der Waals surface area contributed by atoms with Crippen molar-refractivity contribution in [2.45, 2.75) is 37.6 Å². The van der Waals surface area contributed by atoms with Crippen LogP contribution in [-0.4, -0.2) is 20.7 Å². The van der Waals surface area contributed by atoms with Crippen molar-refractivity contribution in [2.24, 2.45) is 5.73 Å². The van der Waals surface area contributed by atoms with Crippen LogP contribution in [0.15, 0.2) is 16.8 Å². The molecule has 0 saturated heterocycles. The molecule has 1 fully saturated rings. The Hall–Kier alpha value is -1.17. The van der Waals surface area contributed by atoms with Gasteiger partial charge in [0.05, 0.1) is 10.0 Å². The Morgan fingerprint density at radius 2 is 2.05 bits per heavy atom. The second-order valence-electron chi connectivity index (χ2n) is 5.24. The minimum absolute atomic E-state index is 0.221. The van der Waals surface area contributed by atoms with Crippen LogP contribution in [0.2, 0.25) is 10.0 Å². The standard InChI is InChI=1S/C13H14Cl2N4O/c14-8-5-9(15)11(17-7-8)12-18-10(20-19-12)6-13(16)3-1-2-4-13/h5,7H,1-4,6,16H2. The van der Waals surface area contributed by atoms with Crippen LogP contribution in [0.4, 0.5) is 0 Å². The first-order valence-electron chi connectivity index (χ1n) is 6.49. The van der Waals surface area contributed by atoms with Crippen LogP contribution >= 0.6 is 23.2 Å². The summed E-state index contributed by atoms with van der Waals surface area (Å²) in [6.07, 6.45) is 6.38. The molecule has 1 aliphatic rings. The topological polar surface area (TPSA) is 77.8 Å². The zero-order chi connectivity index (χ0) is 14.2. The minimum Gasteiger partial charge on any atom is -0.339 e. The minimum atomic E-state index is -0.221. The van der Waals surface area contributed by atoms with Crippen molar-refractivity contribution in [2.75, 3.05) is 0 Å². The molecule has 2 N–H and O–H groups in total. The first-order chi connectivity index (χ1) is 9.56. The third-order valence-corrected chi connectivity index (χ3v) is 4.09. The molecule has 7 heteroatoms. The fraction of sp³-hybridized carbons (Fsp3) is 0.462. The van der Waals surface area contributed by atoms with E-state index < -0.39 is 0 Å². The zero-order valence-electron chi connectivity index (χ0n) is 10.8. The van der Waals surface area contributed by atoms with E-state index >= 15 is 0 Å². The Morgan fingerprint density at radius 3 is 2.75 bits per heavy atom. The lowest BCUT2D eigenvalue weighted by Gasteiger charge is -2.20. The highest BCUT2D eigenvalue weighted by molar-refractivity contribution is 6.35. The zero-order valence-corrected chi connectivity index (χ0v) is 12.3. The van der Waals surface area contributed by atoms with Crippen molar-refractivity contribution in [1.82, 2.24) is 15.1 Å². The van der Waals surface area contributed by atoms with Gasteiger partial charge in [0.25, 0.3) is 0 Å². The van der Waals surface area contributed by atoms with Gasteiger partial charge in [0, 0.05) is 18.2 Å². The van der Waals surface area contributed by atoms with Gasteiger partial charge in [0.15, 0.2) is 0 Å². The first-order valence-corrected chi connectivity index (χ1v) is 7.24. The number of nitrogens with zero attached hydrogens (tertiary/aromatic N) is 3. The Kier molecular flexibility index (Phi) is 3.67. The monoisotopic (exact) mass is 312 g/mol. The van der Waals surface area contributed by atoms with Crippen molar-refractivity contribution in [3.63, 3.8) is 0 Å². The lowest BCUT2D eigenvalue weighted by molar-refractivity contribution is 0.329. The van der Waals surface area contributed by atoms with E-state index in [1.807, 2.05) is 0 Å². The largest absolute Gasteiger partial charge is 0.339 e. The van der Waals surface area contributed by atoms with Crippen LogP contribution in [-0.2, 0) is 6.42 Å². The Bertz CT molecular complexity index is 623. The average Bonchev–Trinajstić information content (AvgIpc) is 2.99. The summed E-state index contributed by atoms with van der Waals surface area (Å²) in [5, 5.41) is 4.78. The maximum Gasteiger partial charge on any atom is 0.228 e. The molecule has 0 amide bonds. The van der Waals surface area contributed by atoms with Gasteiger partial charge >= 0.3 is 0 Å². The molecule has 5 nitrogen and oxygen atoms in total. The van der Waals surface area contributed by atoms with Crippen LogP contribution in [0.1, 0.15) is 31.6 Å². The summed E-state index contributed by atoms with van der Waals surface area (Å²) in [6.45, 7) is 0. The molecule has 0 atom stereocenters. The van der Waals surface area contributed by atoms with E-state index in [1.54, 1.807) is 6.07 Å². The van der Waals surface area contributed by atoms with Crippen molar-refractivity contribution in [1.29, 1.82) is 0 Å². The molecule has 20 heavy (non-hydrogen) atoms. The summed E-state index contributed by atoms with van der Waals surface area (Å²) in [4.78, 5) is 8.46. The number of hydrogen-bond acceptors (Lipinski definition) is 5. The number of aromatic nitrogens is 3. The fourth-order valence-corrected chi connectivity index (χ4v) is 3.02. The molecule has 2 aromatic heterocycles. The van der Waals surface area contributed by atoms with Gasteiger partial charge in [-0.3, -0.25) is 0 Å². The van der Waals surface area contributed by atoms with Crippen LogP contribution in [0.3, 0.4) is 0 Å². The molecule has 1 saturated carbocycles. The van der Waals surface area contributed by atoms with Crippen molar-refractivity contribution < 1.29 is 4.52 Å². The van der Waals surface area contributed by atoms with Gasteiger partial charge in [-0.2, -0.15) is 4.98 Å². The quantitative estimate of drug-likeness (QED) is 0.941. The molecule has 1 aliphatic carbocycles. The first kappa shape index (κ1) is 13.8. The van der Waals surface area contributed by atoms with Gasteiger partial charge in [-0.25, -0.2) is 4.98 Å². The number of nitrogens with two attached hydrogens (primary N) is 1. The second kappa shape index (κ2) is 5.31. The molecular formula is C13H14Cl2N4O. The molecule has 0 aliphatic heterocycles. The highest BCUT2D eigenvalue weighted by atomic mass is 35.5. The number of pyridine rings is 1. The summed E-state index contributed by atoms with van der Waals surface area (Å²) in [6, 6.07) is 1.60. The van der Waals surface area contributed by atoms with E-state index in [2.05, 4.69) is 15.1 Å². The van der Waals surface area contributed by atoms with Crippen LogP contribution in [0.5, 0.6) is 0 Å². The molecule has 0 unspecified atom stereocenters. The maximum absolute atomic E-state index is 6.30. The van der Waals surface area contributed by atoms with E-state index in [0.717, 1.165) is 25.7 Å². The molecule has 0 radical (unpaired) electrons. The van der Waals surface area contributed by atoms with Crippen molar-refractivity contribution in [3.05, 3.63) is 28.2 Å². The molecular weight excluding hydrogens is 299 g/mol. The molecule has 0 spiro atoms. The predicted octanol–water partition coefficient (Wildman–Crippen LogP) is 3.25. The molecule has 2 heterocycles. The Labute approximate surface area is 126 Å². The van der Waals surface area contributed by atoms with E-state index in [4.69, 9.17) is 33.5 Å². The van der Waals surface area contributed by atoms with Crippen LogP contribution in [0, 0.1) is 0 Å². The van der Waals surface area contributed by atoms with Gasteiger partial charge in [0.1, 0.15) is 5.69 Å². The van der Waals surface area contributed by atoms with E-state index in [-0.39, 0.29) is 5.54 Å². The van der Waals surface area contributed by atoms with Crippen LogP contribution < -0.4 is 5.73 Å². The summed E-state index contributed by atoms with van der Waals surface area (Å²) >= 11 is 11.9. The van der Waals surface area contributed by atoms with Crippen LogP contribution in [0.25, 0.3) is 11.5 Å².